The smallest absolute Gasteiger partial charge is 0.224 e. The van der Waals surface area contributed by atoms with Crippen molar-refractivity contribution in [3.05, 3.63) is 23.8 Å². The summed E-state index contributed by atoms with van der Waals surface area (Å²) >= 11 is 0. The molecule has 100 valence electrons. The van der Waals surface area contributed by atoms with Crippen molar-refractivity contribution in [3.8, 4) is 5.75 Å². The number of benzene rings is 1. The lowest BCUT2D eigenvalue weighted by Crippen LogP contribution is -2.16. The second kappa shape index (κ2) is 7.01. The maximum absolute atomic E-state index is 11.7. The summed E-state index contributed by atoms with van der Waals surface area (Å²) in [7, 11) is 1.63. The van der Waals surface area contributed by atoms with Crippen LogP contribution in [0.3, 0.4) is 0 Å². The summed E-state index contributed by atoms with van der Waals surface area (Å²) < 4.78 is 5.17. The number of nitrogens with one attached hydrogen (secondary N) is 1. The first-order valence-electron chi connectivity index (χ1n) is 6.23. The third-order valence-corrected chi connectivity index (χ3v) is 2.74. The van der Waals surface area contributed by atoms with Crippen molar-refractivity contribution in [3.63, 3.8) is 0 Å². The molecule has 1 unspecified atom stereocenters. The van der Waals surface area contributed by atoms with E-state index in [1.165, 1.54) is 0 Å². The number of carbonyl (C=O) groups excluding carboxylic acids is 1. The lowest BCUT2D eigenvalue weighted by atomic mass is 10.1. The fourth-order valence-corrected chi connectivity index (χ4v) is 1.76. The van der Waals surface area contributed by atoms with Crippen LogP contribution in [-0.2, 0) is 4.79 Å². The molecule has 0 spiro atoms. The first-order chi connectivity index (χ1) is 8.52. The molecule has 0 saturated carbocycles. The molecule has 0 heterocycles. The summed E-state index contributed by atoms with van der Waals surface area (Å²) in [5.74, 6) is 0.852. The van der Waals surface area contributed by atoms with Crippen molar-refractivity contribution in [1.29, 1.82) is 0 Å². The van der Waals surface area contributed by atoms with Gasteiger partial charge in [0.15, 0.2) is 0 Å². The molecule has 0 radical (unpaired) electrons. The van der Waals surface area contributed by atoms with E-state index in [-0.39, 0.29) is 11.9 Å². The van der Waals surface area contributed by atoms with E-state index < -0.39 is 0 Å². The fourth-order valence-electron chi connectivity index (χ4n) is 1.76. The zero-order valence-electron chi connectivity index (χ0n) is 11.3. The van der Waals surface area contributed by atoms with Crippen LogP contribution in [0.5, 0.6) is 5.75 Å². The Bertz CT molecular complexity index is 403. The second-order valence-electron chi connectivity index (χ2n) is 4.60. The maximum atomic E-state index is 11.7. The zero-order chi connectivity index (χ0) is 13.5. The van der Waals surface area contributed by atoms with E-state index in [1.807, 2.05) is 32.0 Å². The molecule has 0 bridgehead atoms. The summed E-state index contributed by atoms with van der Waals surface area (Å²) in [5.41, 5.74) is 7.45. The number of amides is 1. The van der Waals surface area contributed by atoms with Gasteiger partial charge in [0.05, 0.1) is 7.11 Å². The van der Waals surface area contributed by atoms with Crippen molar-refractivity contribution in [2.45, 2.75) is 39.2 Å². The van der Waals surface area contributed by atoms with Gasteiger partial charge in [0.1, 0.15) is 5.75 Å². The first kappa shape index (κ1) is 14.5. The van der Waals surface area contributed by atoms with E-state index in [2.05, 4.69) is 5.32 Å². The highest BCUT2D eigenvalue weighted by Gasteiger charge is 2.05. The molecule has 0 aliphatic rings. The first-order valence-corrected chi connectivity index (χ1v) is 6.23. The van der Waals surface area contributed by atoms with Crippen molar-refractivity contribution in [1.82, 2.24) is 0 Å². The van der Waals surface area contributed by atoms with Gasteiger partial charge in [-0.25, -0.2) is 0 Å². The minimum atomic E-state index is 0.0280. The quantitative estimate of drug-likeness (QED) is 0.815. The molecule has 0 aromatic heterocycles. The third-order valence-electron chi connectivity index (χ3n) is 2.74. The normalized spacial score (nSPS) is 12.0. The number of nitrogens with two attached hydrogens (primary N) is 1. The molecule has 1 amide bonds. The Hall–Kier alpha value is -1.55. The molecule has 1 aromatic carbocycles. The Kier molecular flexibility index (Phi) is 5.65. The molecule has 1 aromatic rings. The lowest BCUT2D eigenvalue weighted by Gasteiger charge is -2.09. The number of aryl methyl sites for hydroxylation is 1. The van der Waals surface area contributed by atoms with Crippen LogP contribution in [0.1, 0.15) is 31.7 Å². The van der Waals surface area contributed by atoms with E-state index >= 15 is 0 Å². The van der Waals surface area contributed by atoms with Gasteiger partial charge in [-0.2, -0.15) is 0 Å². The molecule has 0 aliphatic heterocycles. The van der Waals surface area contributed by atoms with Crippen molar-refractivity contribution in [2.24, 2.45) is 5.73 Å². The van der Waals surface area contributed by atoms with Gasteiger partial charge in [0.2, 0.25) is 5.91 Å². The zero-order valence-corrected chi connectivity index (χ0v) is 11.3. The fraction of sp³-hybridized carbons (Fsp3) is 0.500. The number of carbonyl (C=O) groups is 1. The van der Waals surface area contributed by atoms with Gasteiger partial charge in [-0.15, -0.1) is 0 Å². The minimum absolute atomic E-state index is 0.0280. The predicted molar refractivity (Wildman–Crippen MR) is 73.9 cm³/mol. The van der Waals surface area contributed by atoms with Crippen LogP contribution < -0.4 is 15.8 Å². The second-order valence-corrected chi connectivity index (χ2v) is 4.60. The van der Waals surface area contributed by atoms with Gasteiger partial charge in [-0.1, -0.05) is 0 Å². The van der Waals surface area contributed by atoms with Gasteiger partial charge >= 0.3 is 0 Å². The lowest BCUT2D eigenvalue weighted by molar-refractivity contribution is -0.116. The molecule has 4 heteroatoms. The molecular formula is C14H22N2O2. The summed E-state index contributed by atoms with van der Waals surface area (Å²) in [5, 5.41) is 2.87. The number of anilines is 1. The van der Waals surface area contributed by atoms with Gasteiger partial charge in [-0.3, -0.25) is 4.79 Å². The number of rotatable bonds is 6. The van der Waals surface area contributed by atoms with E-state index in [0.29, 0.717) is 6.42 Å². The third kappa shape index (κ3) is 4.75. The Labute approximate surface area is 109 Å². The van der Waals surface area contributed by atoms with Crippen LogP contribution in [0.25, 0.3) is 0 Å². The SMILES string of the molecule is COc1ccc(NC(=O)CCCC(C)N)cc1C. The molecule has 0 saturated heterocycles. The topological polar surface area (TPSA) is 64.3 Å². The average Bonchev–Trinajstić information content (AvgIpc) is 2.28. The van der Waals surface area contributed by atoms with Crippen molar-refractivity contribution >= 4 is 11.6 Å². The van der Waals surface area contributed by atoms with Crippen LogP contribution in [0, 0.1) is 6.92 Å². The maximum Gasteiger partial charge on any atom is 0.224 e. The van der Waals surface area contributed by atoms with E-state index in [1.54, 1.807) is 7.11 Å². The summed E-state index contributed by atoms with van der Waals surface area (Å²) in [6, 6.07) is 5.76. The monoisotopic (exact) mass is 250 g/mol. The van der Waals surface area contributed by atoms with Crippen LogP contribution in [-0.4, -0.2) is 19.1 Å². The highest BCUT2D eigenvalue weighted by Crippen LogP contribution is 2.21. The molecular weight excluding hydrogens is 228 g/mol. The van der Waals surface area contributed by atoms with Gasteiger partial charge in [-0.05, 0) is 50.5 Å². The van der Waals surface area contributed by atoms with Crippen LogP contribution >= 0.6 is 0 Å². The van der Waals surface area contributed by atoms with Crippen LogP contribution in [0.15, 0.2) is 18.2 Å². The summed E-state index contributed by atoms with van der Waals surface area (Å²) in [6.07, 6.45) is 2.19. The Balaban J connectivity index is 2.47. The van der Waals surface area contributed by atoms with E-state index in [0.717, 1.165) is 29.8 Å². The number of ether oxygens (including phenoxy) is 1. The standard InChI is InChI=1S/C14H22N2O2/c1-10-9-12(7-8-13(10)18-3)16-14(17)6-4-5-11(2)15/h7-9,11H,4-6,15H2,1-3H3,(H,16,17). The van der Waals surface area contributed by atoms with Gasteiger partial charge < -0.3 is 15.8 Å². The number of hydrogen-bond acceptors (Lipinski definition) is 3. The molecule has 0 aliphatic carbocycles. The average molecular weight is 250 g/mol. The molecule has 4 nitrogen and oxygen atoms in total. The molecule has 1 rings (SSSR count). The molecule has 3 N–H and O–H groups in total. The Morgan fingerprint density at radius 2 is 2.22 bits per heavy atom. The Morgan fingerprint density at radius 1 is 1.50 bits per heavy atom. The molecule has 0 fully saturated rings. The minimum Gasteiger partial charge on any atom is -0.496 e. The van der Waals surface area contributed by atoms with E-state index in [4.69, 9.17) is 10.5 Å². The number of methoxy groups -OCH3 is 1. The van der Waals surface area contributed by atoms with Crippen LogP contribution in [0.4, 0.5) is 5.69 Å². The molecule has 18 heavy (non-hydrogen) atoms. The largest absolute Gasteiger partial charge is 0.496 e. The number of hydrogen-bond donors (Lipinski definition) is 2. The molecule has 1 atom stereocenters. The summed E-state index contributed by atoms with van der Waals surface area (Å²) in [6.45, 7) is 3.90. The predicted octanol–water partition coefficient (Wildman–Crippen LogP) is 2.46. The van der Waals surface area contributed by atoms with Gasteiger partial charge in [0, 0.05) is 18.2 Å². The van der Waals surface area contributed by atoms with E-state index in [9.17, 15) is 4.79 Å². The highest BCUT2D eigenvalue weighted by atomic mass is 16.5. The van der Waals surface area contributed by atoms with Crippen molar-refractivity contribution in [2.75, 3.05) is 12.4 Å². The highest BCUT2D eigenvalue weighted by molar-refractivity contribution is 5.90. The summed E-state index contributed by atoms with van der Waals surface area (Å²) in [4.78, 5) is 11.7. The van der Waals surface area contributed by atoms with Crippen LogP contribution in [0.2, 0.25) is 0 Å². The van der Waals surface area contributed by atoms with Crippen molar-refractivity contribution < 1.29 is 9.53 Å². The Morgan fingerprint density at radius 3 is 2.78 bits per heavy atom. The van der Waals surface area contributed by atoms with Gasteiger partial charge in [0.25, 0.3) is 0 Å².